The van der Waals surface area contributed by atoms with Crippen molar-refractivity contribution >= 4 is 5.95 Å². The van der Waals surface area contributed by atoms with E-state index < -0.39 is 0 Å². The minimum Gasteiger partial charge on any atom is -0.481 e. The standard InChI is InChI=1S/C13H20N6O/c1-18(2)11(10-7-16-19(3)9-10)8-15-13-14-6-5-12(17-13)20-4/h5-7,9,11H,8H2,1-4H3,(H,14,15,17). The Kier molecular flexibility index (Phi) is 4.52. The molecule has 2 rings (SSSR count). The van der Waals surface area contributed by atoms with E-state index in [2.05, 4.69) is 25.3 Å². The molecule has 7 heteroatoms. The van der Waals surface area contributed by atoms with Crippen LogP contribution in [0.4, 0.5) is 5.95 Å². The summed E-state index contributed by atoms with van der Waals surface area (Å²) in [4.78, 5) is 10.5. The molecule has 0 radical (unpaired) electrons. The number of hydrogen-bond acceptors (Lipinski definition) is 6. The van der Waals surface area contributed by atoms with Gasteiger partial charge in [-0.05, 0) is 14.1 Å². The number of ether oxygens (including phenoxy) is 1. The fraction of sp³-hybridized carbons (Fsp3) is 0.462. The number of anilines is 1. The van der Waals surface area contributed by atoms with Crippen LogP contribution in [0.1, 0.15) is 11.6 Å². The number of hydrogen-bond donors (Lipinski definition) is 1. The molecular formula is C13H20N6O. The largest absolute Gasteiger partial charge is 0.481 e. The molecule has 0 fully saturated rings. The third-order valence-electron chi connectivity index (χ3n) is 3.03. The summed E-state index contributed by atoms with van der Waals surface area (Å²) < 4.78 is 6.88. The van der Waals surface area contributed by atoms with E-state index in [1.165, 1.54) is 0 Å². The van der Waals surface area contributed by atoms with E-state index in [-0.39, 0.29) is 6.04 Å². The molecule has 0 aliphatic heterocycles. The van der Waals surface area contributed by atoms with Gasteiger partial charge < -0.3 is 15.0 Å². The van der Waals surface area contributed by atoms with Gasteiger partial charge >= 0.3 is 0 Å². The third-order valence-corrected chi connectivity index (χ3v) is 3.03. The number of likely N-dealkylation sites (N-methyl/N-ethyl adjacent to an activating group) is 1. The molecule has 0 saturated heterocycles. The second-order valence-corrected chi connectivity index (χ2v) is 4.73. The highest BCUT2D eigenvalue weighted by atomic mass is 16.5. The smallest absolute Gasteiger partial charge is 0.226 e. The molecule has 7 nitrogen and oxygen atoms in total. The van der Waals surface area contributed by atoms with E-state index in [1.54, 1.807) is 24.1 Å². The molecule has 2 heterocycles. The van der Waals surface area contributed by atoms with Gasteiger partial charge in [-0.3, -0.25) is 4.68 Å². The normalized spacial score (nSPS) is 12.4. The van der Waals surface area contributed by atoms with Crippen LogP contribution in [0.5, 0.6) is 5.88 Å². The number of nitrogens with zero attached hydrogens (tertiary/aromatic N) is 5. The van der Waals surface area contributed by atoms with E-state index in [1.807, 2.05) is 33.5 Å². The monoisotopic (exact) mass is 276 g/mol. The zero-order valence-corrected chi connectivity index (χ0v) is 12.2. The van der Waals surface area contributed by atoms with Crippen LogP contribution in [0, 0.1) is 0 Å². The van der Waals surface area contributed by atoms with Crippen molar-refractivity contribution < 1.29 is 4.74 Å². The van der Waals surface area contributed by atoms with Gasteiger partial charge in [0.1, 0.15) is 0 Å². The molecule has 0 amide bonds. The summed E-state index contributed by atoms with van der Waals surface area (Å²) in [5.74, 6) is 1.10. The Morgan fingerprint density at radius 2 is 2.25 bits per heavy atom. The Balaban J connectivity index is 2.05. The highest BCUT2D eigenvalue weighted by Gasteiger charge is 2.16. The summed E-state index contributed by atoms with van der Waals surface area (Å²) in [6, 6.07) is 1.91. The SMILES string of the molecule is COc1ccnc(NCC(c2cnn(C)c2)N(C)C)n1. The second kappa shape index (κ2) is 6.33. The molecule has 108 valence electrons. The lowest BCUT2D eigenvalue weighted by Gasteiger charge is -2.23. The zero-order valence-electron chi connectivity index (χ0n) is 12.2. The Bertz CT molecular complexity index is 553. The van der Waals surface area contributed by atoms with Gasteiger partial charge in [0.05, 0.1) is 19.3 Å². The first-order valence-corrected chi connectivity index (χ1v) is 6.36. The van der Waals surface area contributed by atoms with E-state index in [9.17, 15) is 0 Å². The van der Waals surface area contributed by atoms with Crippen LogP contribution in [0.2, 0.25) is 0 Å². The molecule has 0 saturated carbocycles. The zero-order chi connectivity index (χ0) is 14.5. The minimum absolute atomic E-state index is 0.193. The number of aromatic nitrogens is 4. The summed E-state index contributed by atoms with van der Waals surface area (Å²) in [6.07, 6.45) is 5.56. The van der Waals surface area contributed by atoms with Crippen molar-refractivity contribution in [1.29, 1.82) is 0 Å². The van der Waals surface area contributed by atoms with Crippen LogP contribution in [0.3, 0.4) is 0 Å². The number of rotatable bonds is 6. The number of nitrogens with one attached hydrogen (secondary N) is 1. The Morgan fingerprint density at radius 1 is 1.45 bits per heavy atom. The molecule has 0 aliphatic carbocycles. The molecule has 1 unspecified atom stereocenters. The lowest BCUT2D eigenvalue weighted by Crippen LogP contribution is -2.27. The first kappa shape index (κ1) is 14.3. The summed E-state index contributed by atoms with van der Waals surface area (Å²) in [6.45, 7) is 0.686. The molecular weight excluding hydrogens is 256 g/mol. The van der Waals surface area contributed by atoms with Gasteiger partial charge in [0.2, 0.25) is 11.8 Å². The predicted molar refractivity (Wildman–Crippen MR) is 76.7 cm³/mol. The Hall–Kier alpha value is -2.15. The Labute approximate surface area is 118 Å². The summed E-state index contributed by atoms with van der Waals surface area (Å²) >= 11 is 0. The highest BCUT2D eigenvalue weighted by Crippen LogP contribution is 2.18. The fourth-order valence-corrected chi connectivity index (χ4v) is 1.94. The van der Waals surface area contributed by atoms with Crippen molar-refractivity contribution in [2.45, 2.75) is 6.04 Å². The van der Waals surface area contributed by atoms with Gasteiger partial charge in [-0.25, -0.2) is 4.98 Å². The van der Waals surface area contributed by atoms with E-state index in [4.69, 9.17) is 4.74 Å². The van der Waals surface area contributed by atoms with Crippen LogP contribution in [-0.2, 0) is 7.05 Å². The average Bonchev–Trinajstić information content (AvgIpc) is 2.85. The van der Waals surface area contributed by atoms with Gasteiger partial charge in [0.15, 0.2) is 0 Å². The first-order chi connectivity index (χ1) is 9.60. The predicted octanol–water partition coefficient (Wildman–Crippen LogP) is 0.933. The quantitative estimate of drug-likeness (QED) is 0.846. The highest BCUT2D eigenvalue weighted by molar-refractivity contribution is 5.28. The summed E-state index contributed by atoms with van der Waals surface area (Å²) in [5, 5.41) is 7.44. The van der Waals surface area contributed by atoms with E-state index >= 15 is 0 Å². The van der Waals surface area contributed by atoms with Gasteiger partial charge in [0.25, 0.3) is 0 Å². The van der Waals surface area contributed by atoms with Crippen LogP contribution in [0.25, 0.3) is 0 Å². The lowest BCUT2D eigenvalue weighted by atomic mass is 10.1. The molecule has 0 bridgehead atoms. The fourth-order valence-electron chi connectivity index (χ4n) is 1.94. The summed E-state index contributed by atoms with van der Waals surface area (Å²) in [5.41, 5.74) is 1.15. The molecule has 20 heavy (non-hydrogen) atoms. The van der Waals surface area contributed by atoms with Crippen LogP contribution < -0.4 is 10.1 Å². The third kappa shape index (κ3) is 3.45. The molecule has 2 aromatic heterocycles. The maximum atomic E-state index is 5.08. The topological polar surface area (TPSA) is 68.1 Å². The maximum absolute atomic E-state index is 5.08. The van der Waals surface area contributed by atoms with Crippen LogP contribution in [-0.4, -0.2) is 52.4 Å². The van der Waals surface area contributed by atoms with Crippen molar-refractivity contribution in [3.8, 4) is 5.88 Å². The Morgan fingerprint density at radius 3 is 2.85 bits per heavy atom. The van der Waals surface area contributed by atoms with Gasteiger partial charge in [0, 0.05) is 37.6 Å². The molecule has 0 aliphatic rings. The number of methoxy groups -OCH3 is 1. The van der Waals surface area contributed by atoms with E-state index in [0.29, 0.717) is 18.4 Å². The number of aryl methyl sites for hydroxylation is 1. The van der Waals surface area contributed by atoms with Crippen molar-refractivity contribution in [3.05, 3.63) is 30.2 Å². The maximum Gasteiger partial charge on any atom is 0.226 e. The van der Waals surface area contributed by atoms with Gasteiger partial charge in [-0.2, -0.15) is 10.1 Å². The van der Waals surface area contributed by atoms with Crippen LogP contribution in [0.15, 0.2) is 24.7 Å². The van der Waals surface area contributed by atoms with Crippen molar-refractivity contribution in [1.82, 2.24) is 24.6 Å². The average molecular weight is 276 g/mol. The molecule has 0 spiro atoms. The molecule has 0 aromatic carbocycles. The van der Waals surface area contributed by atoms with Crippen molar-refractivity contribution in [2.24, 2.45) is 7.05 Å². The van der Waals surface area contributed by atoms with Crippen molar-refractivity contribution in [3.63, 3.8) is 0 Å². The second-order valence-electron chi connectivity index (χ2n) is 4.73. The first-order valence-electron chi connectivity index (χ1n) is 6.36. The van der Waals surface area contributed by atoms with Crippen LogP contribution >= 0.6 is 0 Å². The van der Waals surface area contributed by atoms with Gasteiger partial charge in [-0.15, -0.1) is 0 Å². The molecule has 1 N–H and O–H groups in total. The minimum atomic E-state index is 0.193. The van der Waals surface area contributed by atoms with E-state index in [0.717, 1.165) is 5.56 Å². The summed E-state index contributed by atoms with van der Waals surface area (Å²) in [7, 11) is 7.57. The lowest BCUT2D eigenvalue weighted by molar-refractivity contribution is 0.311. The van der Waals surface area contributed by atoms with Gasteiger partial charge in [-0.1, -0.05) is 0 Å². The molecule has 1 atom stereocenters. The van der Waals surface area contributed by atoms with Crippen molar-refractivity contribution in [2.75, 3.05) is 33.1 Å². The molecule has 2 aromatic rings.